The van der Waals surface area contributed by atoms with E-state index < -0.39 is 0 Å². The highest BCUT2D eigenvalue weighted by Gasteiger charge is 2.14. The molecule has 29 heavy (non-hydrogen) atoms. The maximum absolute atomic E-state index is 6.07. The number of thioether (sulfide) groups is 1. The molecule has 0 aliphatic carbocycles. The van der Waals surface area contributed by atoms with Gasteiger partial charge < -0.3 is 4.74 Å². The number of aromatic nitrogens is 4. The molecule has 0 saturated carbocycles. The molecule has 2 aromatic heterocycles. The largest absolute Gasteiger partial charge is 0.457 e. The van der Waals surface area contributed by atoms with Gasteiger partial charge in [-0.2, -0.15) is 0 Å². The molecule has 0 amide bonds. The fraction of sp³-hybridized carbons (Fsp3) is 0.0870. The normalized spacial score (nSPS) is 10.6. The lowest BCUT2D eigenvalue weighted by Gasteiger charge is -2.11. The molecule has 0 radical (unpaired) electrons. The number of para-hydroxylation sites is 2. The lowest BCUT2D eigenvalue weighted by Crippen LogP contribution is -2.01. The van der Waals surface area contributed by atoms with Gasteiger partial charge in [0.2, 0.25) is 0 Å². The Bertz CT molecular complexity index is 1080. The van der Waals surface area contributed by atoms with E-state index in [2.05, 4.69) is 32.4 Å². The summed E-state index contributed by atoms with van der Waals surface area (Å²) >= 11 is 1.63. The van der Waals surface area contributed by atoms with Gasteiger partial charge in [-0.1, -0.05) is 54.2 Å². The summed E-state index contributed by atoms with van der Waals surface area (Å²) in [6, 6.07) is 21.7. The van der Waals surface area contributed by atoms with Crippen molar-refractivity contribution in [2.75, 3.05) is 0 Å². The Labute approximate surface area is 174 Å². The fourth-order valence-corrected chi connectivity index (χ4v) is 3.82. The molecule has 0 bridgehead atoms. The van der Waals surface area contributed by atoms with E-state index in [1.165, 1.54) is 0 Å². The average molecular weight is 401 g/mol. The topological polar surface area (TPSA) is 52.8 Å². The van der Waals surface area contributed by atoms with Gasteiger partial charge in [-0.25, -0.2) is 0 Å². The SMILES string of the molecule is C=CCn1c(SCc2ccccc2Oc2ccccc2)nnc1-c1ccncc1. The zero-order chi connectivity index (χ0) is 19.9. The van der Waals surface area contributed by atoms with Crippen molar-refractivity contribution in [3.8, 4) is 22.9 Å². The molecule has 0 spiro atoms. The van der Waals surface area contributed by atoms with E-state index in [9.17, 15) is 0 Å². The van der Waals surface area contributed by atoms with Crippen LogP contribution in [-0.2, 0) is 12.3 Å². The first-order chi connectivity index (χ1) is 14.3. The Morgan fingerprint density at radius 2 is 1.69 bits per heavy atom. The van der Waals surface area contributed by atoms with Gasteiger partial charge in [-0.3, -0.25) is 9.55 Å². The second-order valence-electron chi connectivity index (χ2n) is 6.25. The zero-order valence-corrected chi connectivity index (χ0v) is 16.6. The maximum atomic E-state index is 6.07. The number of rotatable bonds is 8. The number of ether oxygens (including phenoxy) is 1. The van der Waals surface area contributed by atoms with Crippen LogP contribution in [0.5, 0.6) is 11.5 Å². The number of hydrogen-bond donors (Lipinski definition) is 0. The summed E-state index contributed by atoms with van der Waals surface area (Å²) < 4.78 is 8.13. The third-order valence-electron chi connectivity index (χ3n) is 4.27. The lowest BCUT2D eigenvalue weighted by atomic mass is 10.2. The van der Waals surface area contributed by atoms with Crippen molar-refractivity contribution in [1.29, 1.82) is 0 Å². The quantitative estimate of drug-likeness (QED) is 0.284. The molecule has 2 heterocycles. The first-order valence-corrected chi connectivity index (χ1v) is 10.2. The van der Waals surface area contributed by atoms with Gasteiger partial charge in [-0.15, -0.1) is 16.8 Å². The van der Waals surface area contributed by atoms with Gasteiger partial charge in [0, 0.05) is 35.8 Å². The van der Waals surface area contributed by atoms with E-state index in [1.54, 1.807) is 24.2 Å². The second-order valence-corrected chi connectivity index (χ2v) is 7.20. The zero-order valence-electron chi connectivity index (χ0n) is 15.8. The molecule has 0 N–H and O–H groups in total. The van der Waals surface area contributed by atoms with E-state index in [4.69, 9.17) is 4.74 Å². The molecule has 0 unspecified atom stereocenters. The Morgan fingerprint density at radius 3 is 2.48 bits per heavy atom. The van der Waals surface area contributed by atoms with E-state index >= 15 is 0 Å². The monoisotopic (exact) mass is 400 g/mol. The molecule has 0 saturated heterocycles. The van der Waals surface area contributed by atoms with Crippen LogP contribution >= 0.6 is 11.8 Å². The summed E-state index contributed by atoms with van der Waals surface area (Å²) in [4.78, 5) is 4.08. The van der Waals surface area contributed by atoms with Gasteiger partial charge in [-0.05, 0) is 30.3 Å². The minimum atomic E-state index is 0.634. The third-order valence-corrected chi connectivity index (χ3v) is 5.28. The van der Waals surface area contributed by atoms with Crippen LogP contribution in [0.1, 0.15) is 5.56 Å². The van der Waals surface area contributed by atoms with Crippen molar-refractivity contribution in [1.82, 2.24) is 19.7 Å². The van der Waals surface area contributed by atoms with Crippen LogP contribution in [0.2, 0.25) is 0 Å². The molecular formula is C23H20N4OS. The fourth-order valence-electron chi connectivity index (χ4n) is 2.88. The highest BCUT2D eigenvalue weighted by atomic mass is 32.2. The third kappa shape index (κ3) is 4.55. The first-order valence-electron chi connectivity index (χ1n) is 9.23. The standard InChI is InChI=1S/C23H20N4OS/c1-2-16-27-22(18-12-14-24-15-13-18)25-26-23(27)29-17-19-8-6-7-11-21(19)28-20-9-4-3-5-10-20/h2-15H,1,16-17H2. The van der Waals surface area contributed by atoms with Crippen molar-refractivity contribution in [3.05, 3.63) is 97.3 Å². The molecule has 5 nitrogen and oxygen atoms in total. The number of hydrogen-bond acceptors (Lipinski definition) is 5. The number of nitrogens with zero attached hydrogens (tertiary/aromatic N) is 4. The molecule has 2 aromatic carbocycles. The van der Waals surface area contributed by atoms with Crippen LogP contribution < -0.4 is 4.74 Å². The van der Waals surface area contributed by atoms with E-state index in [1.807, 2.05) is 66.7 Å². The van der Waals surface area contributed by atoms with Crippen LogP contribution in [0.25, 0.3) is 11.4 Å². The molecule has 0 aliphatic rings. The van der Waals surface area contributed by atoms with E-state index in [0.717, 1.165) is 33.6 Å². The van der Waals surface area contributed by atoms with Gasteiger partial charge in [0.1, 0.15) is 11.5 Å². The molecule has 4 aromatic rings. The van der Waals surface area contributed by atoms with Crippen LogP contribution in [-0.4, -0.2) is 19.7 Å². The number of pyridine rings is 1. The molecule has 6 heteroatoms. The summed E-state index contributed by atoms with van der Waals surface area (Å²) in [5.74, 6) is 3.19. The predicted octanol–water partition coefficient (Wildman–Crippen LogP) is 5.61. The summed E-state index contributed by atoms with van der Waals surface area (Å²) in [5.41, 5.74) is 2.08. The van der Waals surface area contributed by atoms with Gasteiger partial charge in [0.15, 0.2) is 11.0 Å². The van der Waals surface area contributed by atoms with Gasteiger partial charge >= 0.3 is 0 Å². The minimum Gasteiger partial charge on any atom is -0.457 e. The molecule has 144 valence electrons. The highest BCUT2D eigenvalue weighted by molar-refractivity contribution is 7.98. The van der Waals surface area contributed by atoms with Crippen molar-refractivity contribution in [2.24, 2.45) is 0 Å². The Hall–Kier alpha value is -3.38. The predicted molar refractivity (Wildman–Crippen MR) is 116 cm³/mol. The number of benzene rings is 2. The van der Waals surface area contributed by atoms with Gasteiger partial charge in [0.05, 0.1) is 0 Å². The number of allylic oxidation sites excluding steroid dienone is 1. The Morgan fingerprint density at radius 1 is 0.931 bits per heavy atom. The molecule has 0 fully saturated rings. The summed E-state index contributed by atoms with van der Waals surface area (Å²) in [6.45, 7) is 4.51. The van der Waals surface area contributed by atoms with E-state index in [-0.39, 0.29) is 0 Å². The highest BCUT2D eigenvalue weighted by Crippen LogP contribution is 2.31. The van der Waals surface area contributed by atoms with Crippen molar-refractivity contribution in [2.45, 2.75) is 17.5 Å². The molecule has 0 aliphatic heterocycles. The lowest BCUT2D eigenvalue weighted by molar-refractivity contribution is 0.478. The summed E-state index contributed by atoms with van der Waals surface area (Å²) in [6.07, 6.45) is 5.36. The van der Waals surface area contributed by atoms with Gasteiger partial charge in [0.25, 0.3) is 0 Å². The van der Waals surface area contributed by atoms with Crippen LogP contribution in [0.4, 0.5) is 0 Å². The first kappa shape index (κ1) is 19.0. The van der Waals surface area contributed by atoms with Crippen LogP contribution in [0.15, 0.2) is 96.9 Å². The maximum Gasteiger partial charge on any atom is 0.192 e. The smallest absolute Gasteiger partial charge is 0.192 e. The van der Waals surface area contributed by atoms with Crippen LogP contribution in [0.3, 0.4) is 0 Å². The van der Waals surface area contributed by atoms with Crippen molar-refractivity contribution >= 4 is 11.8 Å². The average Bonchev–Trinajstić information content (AvgIpc) is 3.17. The molecule has 4 rings (SSSR count). The summed E-state index contributed by atoms with van der Waals surface area (Å²) in [5, 5.41) is 9.64. The summed E-state index contributed by atoms with van der Waals surface area (Å²) in [7, 11) is 0. The second kappa shape index (κ2) is 9.21. The Kier molecular flexibility index (Phi) is 6.02. The van der Waals surface area contributed by atoms with Crippen molar-refractivity contribution < 1.29 is 4.74 Å². The van der Waals surface area contributed by atoms with E-state index in [0.29, 0.717) is 12.3 Å². The van der Waals surface area contributed by atoms with Crippen LogP contribution in [0, 0.1) is 0 Å². The molecular weight excluding hydrogens is 380 g/mol. The molecule has 0 atom stereocenters. The minimum absolute atomic E-state index is 0.634. The van der Waals surface area contributed by atoms with Crippen molar-refractivity contribution in [3.63, 3.8) is 0 Å². The Balaban J connectivity index is 1.55.